The van der Waals surface area contributed by atoms with Gasteiger partial charge in [-0.25, -0.2) is 4.52 Å². The fraction of sp³-hybridized carbons (Fsp3) is 0.0357. The molecule has 0 saturated carbocycles. The van der Waals surface area contributed by atoms with Crippen LogP contribution >= 0.6 is 0 Å². The molecule has 0 aliphatic carbocycles. The SMILES string of the molecule is Cc1c(-c2cccc3ccccc23)nn2c(-c3ccccc3)cc3ccccc3c12. The van der Waals surface area contributed by atoms with Crippen molar-refractivity contribution >= 4 is 27.1 Å². The largest absolute Gasteiger partial charge is 0.232 e. The molecule has 6 aromatic rings. The third kappa shape index (κ3) is 2.47. The highest BCUT2D eigenvalue weighted by atomic mass is 15.2. The first kappa shape index (κ1) is 17.0. The first-order chi connectivity index (χ1) is 14.8. The van der Waals surface area contributed by atoms with Gasteiger partial charge in [-0.2, -0.15) is 5.10 Å². The summed E-state index contributed by atoms with van der Waals surface area (Å²) >= 11 is 0. The molecule has 142 valence electrons. The molecular weight excluding hydrogens is 364 g/mol. The van der Waals surface area contributed by atoms with Gasteiger partial charge in [-0.3, -0.25) is 0 Å². The van der Waals surface area contributed by atoms with Gasteiger partial charge in [-0.1, -0.05) is 97.1 Å². The van der Waals surface area contributed by atoms with Crippen LogP contribution in [0, 0.1) is 6.92 Å². The van der Waals surface area contributed by atoms with E-state index in [0.29, 0.717) is 0 Å². The molecule has 0 amide bonds. The molecule has 0 aliphatic rings. The van der Waals surface area contributed by atoms with Crippen LogP contribution in [0.2, 0.25) is 0 Å². The molecule has 0 spiro atoms. The number of fused-ring (bicyclic) bond motifs is 4. The summed E-state index contributed by atoms with van der Waals surface area (Å²) in [6.07, 6.45) is 0. The zero-order valence-corrected chi connectivity index (χ0v) is 16.7. The Labute approximate surface area is 175 Å². The summed E-state index contributed by atoms with van der Waals surface area (Å²) in [5, 5.41) is 10.1. The van der Waals surface area contributed by atoms with Gasteiger partial charge in [0, 0.05) is 22.1 Å². The minimum absolute atomic E-state index is 1.04. The summed E-state index contributed by atoms with van der Waals surface area (Å²) < 4.78 is 2.13. The standard InChI is InChI=1S/C28H20N2/c1-19-27(25-17-9-14-20-10-5-7-15-23(20)25)29-30-26(21-11-3-2-4-12-21)18-22-13-6-8-16-24(22)28(19)30/h2-18H,1H3. The van der Waals surface area contributed by atoms with Crippen LogP contribution in [0.5, 0.6) is 0 Å². The molecule has 0 bridgehead atoms. The molecule has 0 saturated heterocycles. The van der Waals surface area contributed by atoms with Crippen LogP contribution in [0.3, 0.4) is 0 Å². The fourth-order valence-corrected chi connectivity index (χ4v) is 4.54. The van der Waals surface area contributed by atoms with Gasteiger partial charge in [0.05, 0.1) is 16.9 Å². The van der Waals surface area contributed by atoms with Crippen LogP contribution in [0.25, 0.3) is 49.6 Å². The van der Waals surface area contributed by atoms with Gasteiger partial charge >= 0.3 is 0 Å². The number of aryl methyl sites for hydroxylation is 1. The van der Waals surface area contributed by atoms with Crippen LogP contribution in [-0.4, -0.2) is 9.61 Å². The highest BCUT2D eigenvalue weighted by Crippen LogP contribution is 2.36. The Morgan fingerprint density at radius 1 is 0.633 bits per heavy atom. The van der Waals surface area contributed by atoms with Crippen LogP contribution in [0.1, 0.15) is 5.56 Å². The Balaban J connectivity index is 1.76. The second kappa shape index (κ2) is 6.57. The molecule has 4 aromatic carbocycles. The number of nitrogens with zero attached hydrogens (tertiary/aromatic N) is 2. The Morgan fingerprint density at radius 3 is 2.13 bits per heavy atom. The van der Waals surface area contributed by atoms with E-state index < -0.39 is 0 Å². The minimum Gasteiger partial charge on any atom is -0.232 e. The second-order valence-corrected chi connectivity index (χ2v) is 7.74. The summed E-state index contributed by atoms with van der Waals surface area (Å²) in [6.45, 7) is 2.20. The molecule has 2 heteroatoms. The predicted molar refractivity (Wildman–Crippen MR) is 126 cm³/mol. The van der Waals surface area contributed by atoms with Crippen LogP contribution in [0.15, 0.2) is 103 Å². The molecule has 0 N–H and O–H groups in total. The lowest BCUT2D eigenvalue weighted by atomic mass is 9.99. The first-order valence-corrected chi connectivity index (χ1v) is 10.3. The van der Waals surface area contributed by atoms with Gasteiger partial charge < -0.3 is 0 Å². The van der Waals surface area contributed by atoms with Crippen molar-refractivity contribution in [2.24, 2.45) is 0 Å². The number of rotatable bonds is 2. The molecule has 6 rings (SSSR count). The summed E-state index contributed by atoms with van der Waals surface area (Å²) in [6, 6.07) is 36.4. The van der Waals surface area contributed by atoms with E-state index in [1.807, 2.05) is 0 Å². The Hall–Kier alpha value is -3.91. The average Bonchev–Trinajstić information content (AvgIpc) is 3.16. The van der Waals surface area contributed by atoms with Gasteiger partial charge in [0.15, 0.2) is 0 Å². The summed E-state index contributed by atoms with van der Waals surface area (Å²) in [7, 11) is 0. The summed E-state index contributed by atoms with van der Waals surface area (Å²) in [4.78, 5) is 0. The molecule has 0 unspecified atom stereocenters. The van der Waals surface area contributed by atoms with Crippen molar-refractivity contribution in [3.8, 4) is 22.5 Å². The number of pyridine rings is 1. The quantitative estimate of drug-likeness (QED) is 0.306. The van der Waals surface area contributed by atoms with Crippen molar-refractivity contribution in [1.82, 2.24) is 9.61 Å². The average molecular weight is 384 g/mol. The van der Waals surface area contributed by atoms with Crippen molar-refractivity contribution in [2.75, 3.05) is 0 Å². The fourth-order valence-electron chi connectivity index (χ4n) is 4.54. The van der Waals surface area contributed by atoms with Crippen LogP contribution in [0.4, 0.5) is 0 Å². The Bertz CT molecular complexity index is 1540. The Morgan fingerprint density at radius 2 is 1.30 bits per heavy atom. The molecule has 2 nitrogen and oxygen atoms in total. The maximum atomic E-state index is 5.18. The third-order valence-electron chi connectivity index (χ3n) is 5.97. The first-order valence-electron chi connectivity index (χ1n) is 10.3. The summed E-state index contributed by atoms with van der Waals surface area (Å²) in [5.41, 5.74) is 6.88. The molecule has 2 heterocycles. The van der Waals surface area contributed by atoms with E-state index in [4.69, 9.17) is 5.10 Å². The molecule has 2 aromatic heterocycles. The minimum atomic E-state index is 1.04. The second-order valence-electron chi connectivity index (χ2n) is 7.74. The van der Waals surface area contributed by atoms with E-state index in [9.17, 15) is 0 Å². The van der Waals surface area contributed by atoms with Crippen molar-refractivity contribution < 1.29 is 0 Å². The normalized spacial score (nSPS) is 11.5. The highest BCUT2D eigenvalue weighted by molar-refractivity contribution is 6.04. The van der Waals surface area contributed by atoms with Gasteiger partial charge in [-0.15, -0.1) is 0 Å². The zero-order valence-electron chi connectivity index (χ0n) is 16.7. The molecular formula is C28H20N2. The van der Waals surface area contributed by atoms with E-state index in [2.05, 4.69) is 115 Å². The molecule has 0 radical (unpaired) electrons. The molecule has 0 fully saturated rings. The lowest BCUT2D eigenvalue weighted by molar-refractivity contribution is 0.980. The predicted octanol–water partition coefficient (Wildman–Crippen LogP) is 7.28. The van der Waals surface area contributed by atoms with Gasteiger partial charge in [0.2, 0.25) is 0 Å². The number of hydrogen-bond acceptors (Lipinski definition) is 1. The van der Waals surface area contributed by atoms with Crippen molar-refractivity contribution in [3.05, 3.63) is 109 Å². The smallest absolute Gasteiger partial charge is 0.0969 e. The number of hydrogen-bond donors (Lipinski definition) is 0. The highest BCUT2D eigenvalue weighted by Gasteiger charge is 2.18. The van der Waals surface area contributed by atoms with Crippen molar-refractivity contribution in [2.45, 2.75) is 6.92 Å². The molecule has 30 heavy (non-hydrogen) atoms. The maximum Gasteiger partial charge on any atom is 0.0969 e. The Kier molecular flexibility index (Phi) is 3.72. The van der Waals surface area contributed by atoms with Gasteiger partial charge in [0.25, 0.3) is 0 Å². The summed E-state index contributed by atoms with van der Waals surface area (Å²) in [5.74, 6) is 0. The number of aromatic nitrogens is 2. The van der Waals surface area contributed by atoms with Crippen LogP contribution in [-0.2, 0) is 0 Å². The maximum absolute atomic E-state index is 5.18. The zero-order chi connectivity index (χ0) is 20.1. The van der Waals surface area contributed by atoms with E-state index in [1.165, 1.54) is 43.8 Å². The lowest BCUT2D eigenvalue weighted by Gasteiger charge is -2.09. The van der Waals surface area contributed by atoms with Crippen LogP contribution < -0.4 is 0 Å². The number of benzene rings is 4. The van der Waals surface area contributed by atoms with Gasteiger partial charge in [-0.05, 0) is 29.1 Å². The van der Waals surface area contributed by atoms with Crippen molar-refractivity contribution in [3.63, 3.8) is 0 Å². The van der Waals surface area contributed by atoms with Gasteiger partial charge in [0.1, 0.15) is 0 Å². The third-order valence-corrected chi connectivity index (χ3v) is 5.97. The van der Waals surface area contributed by atoms with E-state index in [-0.39, 0.29) is 0 Å². The topological polar surface area (TPSA) is 17.3 Å². The van der Waals surface area contributed by atoms with Crippen molar-refractivity contribution in [1.29, 1.82) is 0 Å². The molecule has 0 aliphatic heterocycles. The van der Waals surface area contributed by atoms with E-state index >= 15 is 0 Å². The van der Waals surface area contributed by atoms with E-state index in [0.717, 1.165) is 11.4 Å². The lowest BCUT2D eigenvalue weighted by Crippen LogP contribution is -1.95. The van der Waals surface area contributed by atoms with E-state index in [1.54, 1.807) is 0 Å². The monoisotopic (exact) mass is 384 g/mol. The molecule has 0 atom stereocenters.